The third-order valence-electron chi connectivity index (χ3n) is 3.50. The van der Waals surface area contributed by atoms with Crippen molar-refractivity contribution in [2.75, 3.05) is 0 Å². The second kappa shape index (κ2) is 5.80. The summed E-state index contributed by atoms with van der Waals surface area (Å²) in [6.07, 6.45) is 0. The van der Waals surface area contributed by atoms with Gasteiger partial charge < -0.3 is 0 Å². The molecule has 0 radical (unpaired) electrons. The van der Waals surface area contributed by atoms with Gasteiger partial charge in [0.05, 0.1) is 0 Å². The molecule has 0 aliphatic rings. The van der Waals surface area contributed by atoms with Gasteiger partial charge in [0.15, 0.2) is 0 Å². The molecule has 0 aliphatic heterocycles. The lowest BCUT2D eigenvalue weighted by Gasteiger charge is -2.06. The molecule has 0 N–H and O–H groups in total. The zero-order valence-electron chi connectivity index (χ0n) is 11.3. The van der Waals surface area contributed by atoms with Crippen LogP contribution >= 0.6 is 22.6 Å². The molecule has 0 bridgehead atoms. The number of halogens is 1. The van der Waals surface area contributed by atoms with Crippen LogP contribution in [0.25, 0.3) is 22.3 Å². The van der Waals surface area contributed by atoms with Crippen LogP contribution in [0.4, 0.5) is 0 Å². The second-order valence-electron chi connectivity index (χ2n) is 4.91. The normalized spacial score (nSPS) is 10.5. The van der Waals surface area contributed by atoms with E-state index in [4.69, 9.17) is 0 Å². The Bertz CT molecular complexity index is 713. The zero-order chi connectivity index (χ0) is 13.9. The monoisotopic (exact) mass is 370 g/mol. The van der Waals surface area contributed by atoms with E-state index in [-0.39, 0.29) is 0 Å². The molecule has 0 aliphatic carbocycles. The van der Waals surface area contributed by atoms with Crippen LogP contribution in [0.2, 0.25) is 0 Å². The van der Waals surface area contributed by atoms with Crippen LogP contribution in [-0.4, -0.2) is 0 Å². The van der Waals surface area contributed by atoms with E-state index in [0.29, 0.717) is 0 Å². The van der Waals surface area contributed by atoms with Crippen LogP contribution in [0.3, 0.4) is 0 Å². The maximum Gasteiger partial charge on any atom is 0.0165 e. The molecule has 1 heteroatoms. The summed E-state index contributed by atoms with van der Waals surface area (Å²) in [7, 11) is 0. The topological polar surface area (TPSA) is 0 Å². The van der Waals surface area contributed by atoms with E-state index in [1.54, 1.807) is 0 Å². The number of rotatable bonds is 2. The largest absolute Gasteiger partial charge is 0.0622 e. The Hall–Kier alpha value is -1.61. The van der Waals surface area contributed by atoms with Crippen molar-refractivity contribution < 1.29 is 0 Å². The van der Waals surface area contributed by atoms with Crippen molar-refractivity contribution in [2.24, 2.45) is 0 Å². The smallest absolute Gasteiger partial charge is 0.0165 e. The lowest BCUT2D eigenvalue weighted by atomic mass is 10.00. The fraction of sp³-hybridized carbons (Fsp3) is 0.0526. The maximum absolute atomic E-state index is 2.39. The number of benzene rings is 3. The van der Waals surface area contributed by atoms with Gasteiger partial charge in [0.2, 0.25) is 0 Å². The molecule has 0 aromatic heterocycles. The molecule has 0 spiro atoms. The molecule has 0 unspecified atom stereocenters. The van der Waals surface area contributed by atoms with Gasteiger partial charge in [-0.05, 0) is 63.4 Å². The SMILES string of the molecule is Cc1ccc(-c2ccc(-c3ccccc3)cc2)cc1I. The zero-order valence-corrected chi connectivity index (χ0v) is 13.5. The van der Waals surface area contributed by atoms with Gasteiger partial charge in [0.1, 0.15) is 0 Å². The molecule has 3 rings (SSSR count). The van der Waals surface area contributed by atoms with Crippen LogP contribution in [0.1, 0.15) is 5.56 Å². The molecule has 3 aromatic rings. The summed E-state index contributed by atoms with van der Waals surface area (Å²) in [5, 5.41) is 0. The van der Waals surface area contributed by atoms with E-state index in [0.717, 1.165) is 0 Å². The molecule has 20 heavy (non-hydrogen) atoms. The summed E-state index contributed by atoms with van der Waals surface area (Å²) in [5.74, 6) is 0. The molecular formula is C19H15I. The Morgan fingerprint density at radius 3 is 1.70 bits per heavy atom. The summed E-state index contributed by atoms with van der Waals surface area (Å²) in [4.78, 5) is 0. The molecule has 0 fully saturated rings. The Labute approximate surface area is 133 Å². The molecular weight excluding hydrogens is 355 g/mol. The third-order valence-corrected chi connectivity index (χ3v) is 4.66. The number of hydrogen-bond acceptors (Lipinski definition) is 0. The highest BCUT2D eigenvalue weighted by atomic mass is 127. The summed E-state index contributed by atoms with van der Waals surface area (Å²) in [6.45, 7) is 2.14. The van der Waals surface area contributed by atoms with Gasteiger partial charge in [-0.3, -0.25) is 0 Å². The van der Waals surface area contributed by atoms with Crippen molar-refractivity contribution in [3.63, 3.8) is 0 Å². The first-order chi connectivity index (χ1) is 9.74. The lowest BCUT2D eigenvalue weighted by molar-refractivity contribution is 1.42. The summed E-state index contributed by atoms with van der Waals surface area (Å²) in [5.41, 5.74) is 6.39. The van der Waals surface area contributed by atoms with Gasteiger partial charge in [-0.25, -0.2) is 0 Å². The Kier molecular flexibility index (Phi) is 3.88. The predicted molar refractivity (Wildman–Crippen MR) is 94.8 cm³/mol. The van der Waals surface area contributed by atoms with E-state index in [1.165, 1.54) is 31.4 Å². The number of hydrogen-bond donors (Lipinski definition) is 0. The first kappa shape index (κ1) is 13.4. The van der Waals surface area contributed by atoms with Crippen molar-refractivity contribution >= 4 is 22.6 Å². The lowest BCUT2D eigenvalue weighted by Crippen LogP contribution is -1.84. The second-order valence-corrected chi connectivity index (χ2v) is 6.07. The average Bonchev–Trinajstić information content (AvgIpc) is 2.51. The van der Waals surface area contributed by atoms with E-state index >= 15 is 0 Å². The summed E-state index contributed by atoms with van der Waals surface area (Å²) >= 11 is 2.39. The predicted octanol–water partition coefficient (Wildman–Crippen LogP) is 5.93. The van der Waals surface area contributed by atoms with Crippen LogP contribution < -0.4 is 0 Å². The van der Waals surface area contributed by atoms with Crippen LogP contribution in [-0.2, 0) is 0 Å². The van der Waals surface area contributed by atoms with Gasteiger partial charge in [-0.15, -0.1) is 0 Å². The quantitative estimate of drug-likeness (QED) is 0.490. The Balaban J connectivity index is 1.95. The van der Waals surface area contributed by atoms with Gasteiger partial charge >= 0.3 is 0 Å². The highest BCUT2D eigenvalue weighted by Gasteiger charge is 2.02. The van der Waals surface area contributed by atoms with Crippen molar-refractivity contribution in [2.45, 2.75) is 6.92 Å². The van der Waals surface area contributed by atoms with Crippen LogP contribution in [0.15, 0.2) is 72.8 Å². The minimum absolute atomic E-state index is 1.26. The van der Waals surface area contributed by atoms with Crippen molar-refractivity contribution in [3.05, 3.63) is 81.9 Å². The fourth-order valence-electron chi connectivity index (χ4n) is 2.26. The van der Waals surface area contributed by atoms with E-state index in [2.05, 4.69) is 96.2 Å². The van der Waals surface area contributed by atoms with E-state index in [9.17, 15) is 0 Å². The fourth-order valence-corrected chi connectivity index (χ4v) is 2.77. The summed E-state index contributed by atoms with van der Waals surface area (Å²) < 4.78 is 1.31. The molecule has 3 aromatic carbocycles. The first-order valence-corrected chi connectivity index (χ1v) is 7.74. The minimum Gasteiger partial charge on any atom is -0.0622 e. The Morgan fingerprint density at radius 2 is 1.10 bits per heavy atom. The van der Waals surface area contributed by atoms with Gasteiger partial charge in [-0.1, -0.05) is 66.7 Å². The van der Waals surface area contributed by atoms with Crippen LogP contribution in [0.5, 0.6) is 0 Å². The third kappa shape index (κ3) is 2.78. The maximum atomic E-state index is 2.39. The van der Waals surface area contributed by atoms with Crippen molar-refractivity contribution in [1.29, 1.82) is 0 Å². The molecule has 0 atom stereocenters. The summed E-state index contributed by atoms with van der Waals surface area (Å²) in [6, 6.07) is 25.9. The molecule has 0 amide bonds. The van der Waals surface area contributed by atoms with Gasteiger partial charge in [0.25, 0.3) is 0 Å². The molecule has 0 saturated carbocycles. The van der Waals surface area contributed by atoms with Crippen molar-refractivity contribution in [1.82, 2.24) is 0 Å². The van der Waals surface area contributed by atoms with E-state index < -0.39 is 0 Å². The first-order valence-electron chi connectivity index (χ1n) is 6.66. The standard InChI is InChI=1S/C19H15I/c1-14-7-8-18(13-19(14)20)17-11-9-16(10-12-17)15-5-3-2-4-6-15/h2-13H,1H3. The Morgan fingerprint density at radius 1 is 0.600 bits per heavy atom. The van der Waals surface area contributed by atoms with Crippen LogP contribution in [0, 0.1) is 10.5 Å². The minimum atomic E-state index is 1.26. The highest BCUT2D eigenvalue weighted by Crippen LogP contribution is 2.26. The van der Waals surface area contributed by atoms with Gasteiger partial charge in [-0.2, -0.15) is 0 Å². The molecule has 0 nitrogen and oxygen atoms in total. The molecule has 98 valence electrons. The average molecular weight is 370 g/mol. The van der Waals surface area contributed by atoms with Crippen molar-refractivity contribution in [3.8, 4) is 22.3 Å². The molecule has 0 heterocycles. The van der Waals surface area contributed by atoms with E-state index in [1.807, 2.05) is 6.07 Å². The van der Waals surface area contributed by atoms with Gasteiger partial charge in [0, 0.05) is 3.57 Å². The number of aryl methyl sites for hydroxylation is 1. The molecule has 0 saturated heterocycles. The highest BCUT2D eigenvalue weighted by molar-refractivity contribution is 14.1.